The van der Waals surface area contributed by atoms with Crippen molar-refractivity contribution in [2.45, 2.75) is 399 Å². The van der Waals surface area contributed by atoms with Gasteiger partial charge in [0.25, 0.3) is 0 Å². The molecule has 0 heterocycles. The van der Waals surface area contributed by atoms with Crippen LogP contribution in [0.2, 0.25) is 0 Å². The fourth-order valence-corrected chi connectivity index (χ4v) is 10.8. The number of hydrogen-bond donors (Lipinski definition) is 0. The third kappa shape index (κ3) is 66.3. The highest BCUT2D eigenvalue weighted by Gasteiger charge is 2.19. The van der Waals surface area contributed by atoms with Gasteiger partial charge in [-0.2, -0.15) is 0 Å². The van der Waals surface area contributed by atoms with Crippen molar-refractivity contribution in [2.24, 2.45) is 0 Å². The van der Waals surface area contributed by atoms with Crippen molar-refractivity contribution < 1.29 is 28.6 Å². The maximum absolute atomic E-state index is 13.0. The van der Waals surface area contributed by atoms with Gasteiger partial charge in [-0.1, -0.05) is 333 Å². The molecule has 0 rings (SSSR count). The number of allylic oxidation sites excluding steroid dienone is 6. The Kier molecular flexibility index (Phi) is 66.1. The molecule has 6 heteroatoms. The molecule has 0 fully saturated rings. The maximum Gasteiger partial charge on any atom is 0.306 e. The zero-order valence-corrected chi connectivity index (χ0v) is 53.4. The molecule has 0 saturated heterocycles. The summed E-state index contributed by atoms with van der Waals surface area (Å²) in [6, 6.07) is 0. The first-order chi connectivity index (χ1) is 39.0. The Bertz CT molecular complexity index is 1320. The van der Waals surface area contributed by atoms with Crippen molar-refractivity contribution in [3.8, 4) is 0 Å². The molecule has 0 aliphatic rings. The van der Waals surface area contributed by atoms with Gasteiger partial charge in [-0.25, -0.2) is 0 Å². The summed E-state index contributed by atoms with van der Waals surface area (Å²) < 4.78 is 17.0. The number of esters is 3. The molecule has 0 spiro atoms. The number of ether oxygens (including phenoxy) is 3. The van der Waals surface area contributed by atoms with Crippen LogP contribution in [0.5, 0.6) is 0 Å². The second-order valence-electron chi connectivity index (χ2n) is 24.1. The molecule has 1 atom stereocenters. The smallest absolute Gasteiger partial charge is 0.306 e. The molecule has 0 aromatic carbocycles. The van der Waals surface area contributed by atoms with Gasteiger partial charge in [-0.15, -0.1) is 0 Å². The van der Waals surface area contributed by atoms with Crippen molar-refractivity contribution in [1.29, 1.82) is 0 Å². The van der Waals surface area contributed by atoms with Gasteiger partial charge in [0.15, 0.2) is 6.10 Å². The van der Waals surface area contributed by atoms with Gasteiger partial charge < -0.3 is 14.2 Å². The van der Waals surface area contributed by atoms with E-state index in [0.29, 0.717) is 19.3 Å². The minimum absolute atomic E-state index is 0.0682. The minimum atomic E-state index is -0.773. The number of rotatable bonds is 66. The van der Waals surface area contributed by atoms with E-state index in [1.54, 1.807) is 0 Å². The highest BCUT2D eigenvalue weighted by Crippen LogP contribution is 2.18. The van der Waals surface area contributed by atoms with Crippen LogP contribution >= 0.6 is 0 Å². The number of carbonyl (C=O) groups excluding carboxylic acids is 3. The number of unbranched alkanes of at least 4 members (excludes halogenated alkanes) is 49. The molecule has 0 bridgehead atoms. The standard InChI is InChI=1S/C73H136O6/c1-4-7-10-13-16-19-22-25-28-31-34-35-36-37-40-42-45-48-51-54-57-60-63-66-72(75)78-69-70(79-73(76)67-64-61-58-55-52-49-46-43-39-33-30-27-24-21-18-15-12-9-6-3)68-77-71(74)65-62-59-56-53-50-47-44-41-38-32-29-26-23-20-17-14-11-8-5-2/h22,25,27,30-31,34,70H,4-21,23-24,26,28-29,32-33,35-69H2,1-3H3/b25-22-,30-27-,34-31-. The lowest BCUT2D eigenvalue weighted by Crippen LogP contribution is -2.30. The lowest BCUT2D eigenvalue weighted by atomic mass is 10.0. The van der Waals surface area contributed by atoms with Crippen molar-refractivity contribution in [3.63, 3.8) is 0 Å². The lowest BCUT2D eigenvalue weighted by Gasteiger charge is -2.18. The Morgan fingerprint density at radius 2 is 0.456 bits per heavy atom. The highest BCUT2D eigenvalue weighted by molar-refractivity contribution is 5.71. The van der Waals surface area contributed by atoms with Crippen LogP contribution in [-0.4, -0.2) is 37.2 Å². The van der Waals surface area contributed by atoms with E-state index in [0.717, 1.165) is 64.2 Å². The first-order valence-corrected chi connectivity index (χ1v) is 35.5. The van der Waals surface area contributed by atoms with E-state index in [4.69, 9.17) is 14.2 Å². The summed E-state index contributed by atoms with van der Waals surface area (Å²) in [5.74, 6) is -0.842. The molecule has 464 valence electrons. The van der Waals surface area contributed by atoms with Crippen molar-refractivity contribution in [1.82, 2.24) is 0 Å². The summed E-state index contributed by atoms with van der Waals surface area (Å²) in [7, 11) is 0. The number of hydrogen-bond acceptors (Lipinski definition) is 6. The summed E-state index contributed by atoms with van der Waals surface area (Å²) >= 11 is 0. The second-order valence-corrected chi connectivity index (χ2v) is 24.1. The van der Waals surface area contributed by atoms with Crippen molar-refractivity contribution in [3.05, 3.63) is 36.5 Å². The van der Waals surface area contributed by atoms with Crippen molar-refractivity contribution in [2.75, 3.05) is 13.2 Å². The van der Waals surface area contributed by atoms with Gasteiger partial charge in [0.05, 0.1) is 0 Å². The molecule has 79 heavy (non-hydrogen) atoms. The lowest BCUT2D eigenvalue weighted by molar-refractivity contribution is -0.167. The third-order valence-corrected chi connectivity index (χ3v) is 16.1. The van der Waals surface area contributed by atoms with Gasteiger partial charge >= 0.3 is 17.9 Å². The molecular weight excluding hydrogens is 973 g/mol. The zero-order valence-electron chi connectivity index (χ0n) is 53.4. The van der Waals surface area contributed by atoms with Crippen LogP contribution in [-0.2, 0) is 28.6 Å². The van der Waals surface area contributed by atoms with Crippen LogP contribution in [0.1, 0.15) is 393 Å². The predicted octanol–water partition coefficient (Wildman–Crippen LogP) is 24.3. The van der Waals surface area contributed by atoms with Gasteiger partial charge in [-0.3, -0.25) is 14.4 Å². The van der Waals surface area contributed by atoms with E-state index in [1.807, 2.05) is 0 Å². The molecular formula is C73H136O6. The van der Waals surface area contributed by atoms with Gasteiger partial charge in [-0.05, 0) is 77.0 Å². The fourth-order valence-electron chi connectivity index (χ4n) is 10.8. The zero-order chi connectivity index (χ0) is 57.1. The molecule has 0 aromatic heterocycles. The molecule has 0 amide bonds. The molecule has 0 aliphatic carbocycles. The van der Waals surface area contributed by atoms with E-state index < -0.39 is 6.10 Å². The van der Waals surface area contributed by atoms with E-state index in [9.17, 15) is 14.4 Å². The van der Waals surface area contributed by atoms with Crippen LogP contribution < -0.4 is 0 Å². The SMILES string of the molecule is CCCCCCC/C=C\C/C=C\CCCCCCCCCCCCCC(=O)OCC(COC(=O)CCCCCCCCCCCCCCCCCCCCC)OC(=O)CCCCCCCCCCC/C=C\CCCCCCCC. The van der Waals surface area contributed by atoms with Crippen LogP contribution in [0.3, 0.4) is 0 Å². The van der Waals surface area contributed by atoms with Crippen LogP contribution in [0.4, 0.5) is 0 Å². The minimum Gasteiger partial charge on any atom is -0.462 e. The quantitative estimate of drug-likeness (QED) is 0.0261. The molecule has 0 saturated carbocycles. The monoisotopic (exact) mass is 1110 g/mol. The van der Waals surface area contributed by atoms with Crippen LogP contribution in [0.15, 0.2) is 36.5 Å². The molecule has 0 radical (unpaired) electrons. The van der Waals surface area contributed by atoms with E-state index in [1.165, 1.54) is 289 Å². The Hall–Kier alpha value is -2.37. The summed E-state index contributed by atoms with van der Waals surface area (Å²) in [6.07, 6.45) is 84.5. The van der Waals surface area contributed by atoms with Crippen molar-refractivity contribution >= 4 is 17.9 Å². The molecule has 0 aromatic rings. The second kappa shape index (κ2) is 68.1. The topological polar surface area (TPSA) is 78.9 Å². The summed E-state index contributed by atoms with van der Waals surface area (Å²) in [5.41, 5.74) is 0. The maximum atomic E-state index is 13.0. The Morgan fingerprint density at radius 1 is 0.253 bits per heavy atom. The largest absolute Gasteiger partial charge is 0.462 e. The average Bonchev–Trinajstić information content (AvgIpc) is 3.45. The van der Waals surface area contributed by atoms with Crippen LogP contribution in [0, 0.1) is 0 Å². The van der Waals surface area contributed by atoms with E-state index >= 15 is 0 Å². The first kappa shape index (κ1) is 76.6. The molecule has 1 unspecified atom stereocenters. The van der Waals surface area contributed by atoms with E-state index in [-0.39, 0.29) is 31.1 Å². The molecule has 0 N–H and O–H groups in total. The summed E-state index contributed by atoms with van der Waals surface area (Å²) in [5, 5.41) is 0. The average molecular weight is 1110 g/mol. The third-order valence-electron chi connectivity index (χ3n) is 16.1. The normalized spacial score (nSPS) is 12.2. The summed E-state index contributed by atoms with van der Waals surface area (Å²) in [4.78, 5) is 38.5. The predicted molar refractivity (Wildman–Crippen MR) is 344 cm³/mol. The first-order valence-electron chi connectivity index (χ1n) is 35.5. The molecule has 6 nitrogen and oxygen atoms in total. The van der Waals surface area contributed by atoms with E-state index in [2.05, 4.69) is 57.2 Å². The van der Waals surface area contributed by atoms with Gasteiger partial charge in [0.1, 0.15) is 13.2 Å². The fraction of sp³-hybridized carbons (Fsp3) is 0.877. The Balaban J connectivity index is 4.31. The highest BCUT2D eigenvalue weighted by atomic mass is 16.6. The number of carbonyl (C=O) groups is 3. The Morgan fingerprint density at radius 3 is 0.709 bits per heavy atom. The van der Waals surface area contributed by atoms with Gasteiger partial charge in [0, 0.05) is 19.3 Å². The molecule has 0 aliphatic heterocycles. The van der Waals surface area contributed by atoms with Gasteiger partial charge in [0.2, 0.25) is 0 Å². The Labute approximate surface area is 493 Å². The van der Waals surface area contributed by atoms with Crippen LogP contribution in [0.25, 0.3) is 0 Å². The summed E-state index contributed by atoms with van der Waals surface area (Å²) in [6.45, 7) is 6.70.